The summed E-state index contributed by atoms with van der Waals surface area (Å²) < 4.78 is 15.4. The molecular weight excluding hydrogens is 444 g/mol. The van der Waals surface area contributed by atoms with E-state index in [4.69, 9.17) is 19.9 Å². The van der Waals surface area contributed by atoms with Crippen molar-refractivity contribution in [3.63, 3.8) is 0 Å². The number of hydrogen-bond acceptors (Lipinski definition) is 10. The maximum Gasteiger partial charge on any atom is 0.348 e. The van der Waals surface area contributed by atoms with Crippen molar-refractivity contribution >= 4 is 57.6 Å². The van der Waals surface area contributed by atoms with Gasteiger partial charge >= 0.3 is 17.9 Å². The molecule has 2 heterocycles. The van der Waals surface area contributed by atoms with E-state index in [1.54, 1.807) is 26.0 Å². The van der Waals surface area contributed by atoms with Crippen LogP contribution in [0.2, 0.25) is 0 Å². The highest BCUT2D eigenvalue weighted by Gasteiger charge is 2.29. The Morgan fingerprint density at radius 2 is 1.77 bits per heavy atom. The lowest BCUT2D eigenvalue weighted by molar-refractivity contribution is -0.113. The molecule has 9 nitrogen and oxygen atoms in total. The van der Waals surface area contributed by atoms with Crippen molar-refractivity contribution < 1.29 is 33.4 Å². The van der Waals surface area contributed by atoms with Gasteiger partial charge in [0.05, 0.1) is 30.2 Å². The summed E-state index contributed by atoms with van der Waals surface area (Å²) in [5.41, 5.74) is 6.79. The molecule has 3 rings (SSSR count). The first kappa shape index (κ1) is 22.6. The summed E-state index contributed by atoms with van der Waals surface area (Å²) in [5.74, 6) is -1.93. The van der Waals surface area contributed by atoms with E-state index in [0.717, 1.165) is 16.2 Å². The van der Waals surface area contributed by atoms with Crippen molar-refractivity contribution in [3.8, 4) is 0 Å². The predicted molar refractivity (Wildman–Crippen MR) is 116 cm³/mol. The number of nitrogens with one attached hydrogen (secondary N) is 1. The van der Waals surface area contributed by atoms with Crippen molar-refractivity contribution in [1.29, 1.82) is 0 Å². The Morgan fingerprint density at radius 1 is 1.06 bits per heavy atom. The smallest absolute Gasteiger partial charge is 0.348 e. The van der Waals surface area contributed by atoms with Gasteiger partial charge in [0, 0.05) is 10.5 Å². The maximum atomic E-state index is 12.6. The van der Waals surface area contributed by atoms with Crippen LogP contribution >= 0.6 is 23.1 Å². The number of rotatable bonds is 7. The van der Waals surface area contributed by atoms with Gasteiger partial charge in [0.2, 0.25) is 5.91 Å². The van der Waals surface area contributed by atoms with Gasteiger partial charge < -0.3 is 25.3 Å². The number of nitrogen functional groups attached to an aromatic ring is 1. The normalized spacial score (nSPS) is 12.5. The van der Waals surface area contributed by atoms with E-state index in [0.29, 0.717) is 11.4 Å². The van der Waals surface area contributed by atoms with Crippen LogP contribution in [0.1, 0.15) is 49.8 Å². The fourth-order valence-electron chi connectivity index (χ4n) is 2.84. The monoisotopic (exact) mass is 464 g/mol. The minimum Gasteiger partial charge on any atom is -0.462 e. The summed E-state index contributed by atoms with van der Waals surface area (Å²) in [6.45, 7) is 3.14. The van der Waals surface area contributed by atoms with E-state index in [2.05, 4.69) is 5.32 Å². The average Bonchev–Trinajstić information content (AvgIpc) is 3.08. The molecule has 0 saturated carbocycles. The van der Waals surface area contributed by atoms with Crippen molar-refractivity contribution in [2.24, 2.45) is 0 Å². The predicted octanol–water partition coefficient (Wildman–Crippen LogP) is 3.08. The molecule has 1 aliphatic heterocycles. The lowest BCUT2D eigenvalue weighted by atomic mass is 10.1. The van der Waals surface area contributed by atoms with Crippen LogP contribution in [0.5, 0.6) is 0 Å². The topological polar surface area (TPSA) is 134 Å². The molecule has 0 saturated heterocycles. The van der Waals surface area contributed by atoms with Gasteiger partial charge in [0.15, 0.2) is 0 Å². The minimum absolute atomic E-state index is 0.0168. The molecule has 0 radical (unpaired) electrons. The van der Waals surface area contributed by atoms with Gasteiger partial charge in [-0.25, -0.2) is 14.4 Å². The Balaban J connectivity index is 1.85. The second-order valence-corrected chi connectivity index (χ2v) is 8.28. The van der Waals surface area contributed by atoms with Crippen LogP contribution in [0, 0.1) is 0 Å². The lowest BCUT2D eigenvalue weighted by Crippen LogP contribution is -2.19. The zero-order chi connectivity index (χ0) is 22.5. The Hall–Kier alpha value is -3.05. The largest absolute Gasteiger partial charge is 0.462 e. The number of esters is 3. The summed E-state index contributed by atoms with van der Waals surface area (Å²) in [7, 11) is 0. The quantitative estimate of drug-likeness (QED) is 0.468. The first-order valence-corrected chi connectivity index (χ1v) is 11.1. The molecule has 3 N–H and O–H groups in total. The highest BCUT2D eigenvalue weighted by Crippen LogP contribution is 2.34. The van der Waals surface area contributed by atoms with Crippen molar-refractivity contribution in [2.75, 3.05) is 30.0 Å². The fraction of sp³-hybridized carbons (Fsp3) is 0.300. The van der Waals surface area contributed by atoms with E-state index in [9.17, 15) is 19.2 Å². The summed E-state index contributed by atoms with van der Waals surface area (Å²) in [6, 6.07) is 4.81. The molecule has 11 heteroatoms. The number of carbonyl (C=O) groups is 4. The molecule has 1 aromatic heterocycles. The summed E-state index contributed by atoms with van der Waals surface area (Å²) in [5, 5.41) is 2.77. The Bertz CT molecular complexity index is 1050. The van der Waals surface area contributed by atoms with E-state index in [1.807, 2.05) is 0 Å². The van der Waals surface area contributed by atoms with Gasteiger partial charge in [0.25, 0.3) is 0 Å². The first-order valence-electron chi connectivity index (χ1n) is 9.34. The van der Waals surface area contributed by atoms with Crippen LogP contribution in [0.4, 0.5) is 10.7 Å². The number of thioether (sulfide) groups is 1. The van der Waals surface area contributed by atoms with E-state index >= 15 is 0 Å². The molecule has 0 bridgehead atoms. The van der Waals surface area contributed by atoms with E-state index < -0.39 is 17.9 Å². The third-order valence-corrected chi connectivity index (χ3v) is 6.29. The Morgan fingerprint density at radius 3 is 2.48 bits per heavy atom. The average molecular weight is 465 g/mol. The van der Waals surface area contributed by atoms with Gasteiger partial charge in [-0.05, 0) is 32.0 Å². The van der Waals surface area contributed by atoms with E-state index in [1.165, 1.54) is 17.8 Å². The minimum atomic E-state index is -0.716. The second-order valence-electron chi connectivity index (χ2n) is 6.21. The van der Waals surface area contributed by atoms with Crippen LogP contribution in [0.25, 0.3) is 0 Å². The number of amides is 1. The van der Waals surface area contributed by atoms with Crippen LogP contribution in [0.15, 0.2) is 23.1 Å². The molecule has 1 amide bonds. The number of ether oxygens (including phenoxy) is 3. The van der Waals surface area contributed by atoms with Gasteiger partial charge in [-0.2, -0.15) is 0 Å². The first-order chi connectivity index (χ1) is 14.8. The van der Waals surface area contributed by atoms with Crippen LogP contribution < -0.4 is 11.1 Å². The molecule has 31 heavy (non-hydrogen) atoms. The summed E-state index contributed by atoms with van der Waals surface area (Å²) in [4.78, 5) is 49.8. The molecule has 0 aliphatic carbocycles. The fourth-order valence-corrected chi connectivity index (χ4v) is 4.59. The molecule has 0 unspecified atom stereocenters. The number of carbonyl (C=O) groups excluding carboxylic acids is 4. The zero-order valence-corrected chi connectivity index (χ0v) is 18.4. The van der Waals surface area contributed by atoms with Crippen LogP contribution in [0.3, 0.4) is 0 Å². The Kier molecular flexibility index (Phi) is 7.18. The number of anilines is 2. The van der Waals surface area contributed by atoms with Crippen LogP contribution in [-0.4, -0.2) is 42.8 Å². The number of thiophene rings is 1. The third-order valence-electron chi connectivity index (χ3n) is 4.17. The number of nitrogens with two attached hydrogens (primary N) is 1. The number of benzene rings is 1. The number of fused-ring (bicyclic) bond motifs is 1. The van der Waals surface area contributed by atoms with Gasteiger partial charge in [0.1, 0.15) is 22.0 Å². The summed E-state index contributed by atoms with van der Waals surface area (Å²) in [6.07, 6.45) is 0. The van der Waals surface area contributed by atoms with Gasteiger partial charge in [-0.15, -0.1) is 23.1 Å². The standard InChI is InChI=1S/C20H20N2O7S2/c1-3-27-19(25)15-11(16(31-17(15)21)20(26)28-4-2)8-29-18(24)10-5-6-13-12(7-10)22-14(23)9-30-13/h5-7H,3-4,8-9,21H2,1-2H3,(H,22,23). The molecule has 0 atom stereocenters. The molecule has 2 aromatic rings. The van der Waals surface area contributed by atoms with Crippen molar-refractivity contribution in [3.05, 3.63) is 39.8 Å². The molecule has 1 aromatic carbocycles. The highest BCUT2D eigenvalue weighted by atomic mass is 32.2. The molecular formula is C20H20N2O7S2. The van der Waals surface area contributed by atoms with Crippen molar-refractivity contribution in [1.82, 2.24) is 0 Å². The zero-order valence-electron chi connectivity index (χ0n) is 16.8. The van der Waals surface area contributed by atoms with Gasteiger partial charge in [-0.1, -0.05) is 0 Å². The van der Waals surface area contributed by atoms with Crippen LogP contribution in [-0.2, 0) is 25.6 Å². The Labute approximate surface area is 186 Å². The lowest BCUT2D eigenvalue weighted by Gasteiger charge is -2.16. The summed E-state index contributed by atoms with van der Waals surface area (Å²) >= 11 is 2.24. The second kappa shape index (κ2) is 9.84. The third kappa shape index (κ3) is 5.00. The number of hydrogen-bond donors (Lipinski definition) is 2. The highest BCUT2D eigenvalue weighted by molar-refractivity contribution is 8.00. The molecule has 164 valence electrons. The SMILES string of the molecule is CCOC(=O)c1sc(N)c(C(=O)OCC)c1COC(=O)c1ccc2c(c1)NC(=O)CS2. The van der Waals surface area contributed by atoms with Gasteiger partial charge in [-0.3, -0.25) is 4.79 Å². The maximum absolute atomic E-state index is 12.6. The molecule has 0 spiro atoms. The van der Waals surface area contributed by atoms with Crippen molar-refractivity contribution in [2.45, 2.75) is 25.3 Å². The molecule has 1 aliphatic rings. The van der Waals surface area contributed by atoms with E-state index in [-0.39, 0.29) is 52.3 Å². The molecule has 0 fully saturated rings.